The van der Waals surface area contributed by atoms with Crippen LogP contribution >= 0.6 is 11.6 Å². The third-order valence-electron chi connectivity index (χ3n) is 6.08. The Morgan fingerprint density at radius 2 is 2.06 bits per heavy atom. The van der Waals surface area contributed by atoms with E-state index in [4.69, 9.17) is 21.4 Å². The van der Waals surface area contributed by atoms with E-state index in [0.717, 1.165) is 35.7 Å². The summed E-state index contributed by atoms with van der Waals surface area (Å²) in [4.78, 5) is 0. The van der Waals surface area contributed by atoms with Crippen molar-refractivity contribution in [3.8, 4) is 0 Å². The fraction of sp³-hybridized carbons (Fsp3) is 0.346. The predicted molar refractivity (Wildman–Crippen MR) is 127 cm³/mol. The Hall–Kier alpha value is -2.56. The van der Waals surface area contributed by atoms with E-state index in [2.05, 4.69) is 41.3 Å². The Balaban J connectivity index is 1.56. The molecule has 1 aliphatic rings. The average molecular weight is 436 g/mol. The van der Waals surface area contributed by atoms with E-state index in [1.54, 1.807) is 7.11 Å². The van der Waals surface area contributed by atoms with Gasteiger partial charge in [0.25, 0.3) is 0 Å². The number of ether oxygens (including phenoxy) is 1. The van der Waals surface area contributed by atoms with Gasteiger partial charge in [0.1, 0.15) is 5.69 Å². The van der Waals surface area contributed by atoms with Crippen LogP contribution in [-0.2, 0) is 17.6 Å². The van der Waals surface area contributed by atoms with Crippen LogP contribution in [0.3, 0.4) is 0 Å². The van der Waals surface area contributed by atoms with Gasteiger partial charge in [0, 0.05) is 29.3 Å². The first-order chi connectivity index (χ1) is 15.2. The van der Waals surface area contributed by atoms with E-state index in [9.17, 15) is 0 Å². The summed E-state index contributed by atoms with van der Waals surface area (Å²) in [6.07, 6.45) is 5.51. The van der Waals surface area contributed by atoms with Gasteiger partial charge in [0.15, 0.2) is 0 Å². The van der Waals surface area contributed by atoms with Crippen molar-refractivity contribution in [2.45, 2.75) is 44.1 Å². The quantitative estimate of drug-likeness (QED) is 0.422. The maximum absolute atomic E-state index is 6.22. The maximum atomic E-state index is 6.22. The van der Waals surface area contributed by atoms with Gasteiger partial charge in [-0.3, -0.25) is 5.10 Å². The van der Waals surface area contributed by atoms with Crippen LogP contribution in [0.15, 0.2) is 61.2 Å². The molecule has 0 unspecified atom stereocenters. The number of halogens is 1. The summed E-state index contributed by atoms with van der Waals surface area (Å²) in [5, 5.41) is 12.4. The highest BCUT2D eigenvalue weighted by atomic mass is 35.5. The van der Waals surface area contributed by atoms with Crippen LogP contribution in [0.25, 0.3) is 5.70 Å². The number of rotatable bonds is 8. The zero-order valence-corrected chi connectivity index (χ0v) is 18.8. The molecule has 2 aromatic carbocycles. The Bertz CT molecular complexity index is 1010. The first-order valence-corrected chi connectivity index (χ1v) is 11.3. The normalized spacial score (nSPS) is 16.9. The number of nitrogens with one attached hydrogen (secondary N) is 2. The number of nitrogens with zero attached hydrogens (tertiary/aromatic N) is 1. The van der Waals surface area contributed by atoms with Crippen LogP contribution in [0.4, 0.5) is 0 Å². The molecule has 31 heavy (non-hydrogen) atoms. The highest BCUT2D eigenvalue weighted by Gasteiger charge is 2.26. The molecule has 0 saturated heterocycles. The van der Waals surface area contributed by atoms with Crippen molar-refractivity contribution in [3.05, 3.63) is 94.3 Å². The topological polar surface area (TPSA) is 49.9 Å². The number of benzene rings is 2. The molecule has 162 valence electrons. The molecule has 1 aliphatic carbocycles. The first kappa shape index (κ1) is 21.7. The lowest BCUT2D eigenvalue weighted by Gasteiger charge is -2.21. The molecule has 0 radical (unpaired) electrons. The molecule has 2 atom stereocenters. The average Bonchev–Trinajstić information content (AvgIpc) is 3.10. The molecule has 1 heterocycles. The van der Waals surface area contributed by atoms with Crippen LogP contribution in [0.1, 0.15) is 59.3 Å². The van der Waals surface area contributed by atoms with Crippen LogP contribution in [0.2, 0.25) is 5.02 Å². The third kappa shape index (κ3) is 5.20. The maximum Gasteiger partial charge on any atom is 0.111 e. The van der Waals surface area contributed by atoms with E-state index in [1.807, 2.05) is 30.3 Å². The number of H-pyrrole nitrogens is 1. The molecule has 4 rings (SSSR count). The molecule has 3 aromatic rings. The monoisotopic (exact) mass is 435 g/mol. The van der Waals surface area contributed by atoms with Crippen molar-refractivity contribution in [1.29, 1.82) is 0 Å². The summed E-state index contributed by atoms with van der Waals surface area (Å²) in [6.45, 7) is 4.90. The number of aromatic amines is 1. The third-order valence-corrected chi connectivity index (χ3v) is 6.31. The van der Waals surface area contributed by atoms with E-state index in [0.29, 0.717) is 12.5 Å². The van der Waals surface area contributed by atoms with Gasteiger partial charge < -0.3 is 10.1 Å². The number of hydrogen-bond donors (Lipinski definition) is 2. The van der Waals surface area contributed by atoms with E-state index >= 15 is 0 Å². The smallest absolute Gasteiger partial charge is 0.111 e. The summed E-state index contributed by atoms with van der Waals surface area (Å²) in [7, 11) is 1.72. The van der Waals surface area contributed by atoms with Crippen molar-refractivity contribution < 1.29 is 4.74 Å². The van der Waals surface area contributed by atoms with Crippen LogP contribution in [0, 0.1) is 0 Å². The minimum Gasteiger partial charge on any atom is -0.382 e. The lowest BCUT2D eigenvalue weighted by molar-refractivity contribution is 0.173. The van der Waals surface area contributed by atoms with Gasteiger partial charge in [-0.2, -0.15) is 5.10 Å². The largest absolute Gasteiger partial charge is 0.382 e. The van der Waals surface area contributed by atoms with Gasteiger partial charge >= 0.3 is 0 Å². The van der Waals surface area contributed by atoms with E-state index in [1.165, 1.54) is 35.2 Å². The molecular weight excluding hydrogens is 406 g/mol. The zero-order valence-electron chi connectivity index (χ0n) is 18.0. The molecule has 1 aromatic heterocycles. The lowest BCUT2D eigenvalue weighted by atomic mass is 9.91. The fourth-order valence-electron chi connectivity index (χ4n) is 4.56. The van der Waals surface area contributed by atoms with E-state index < -0.39 is 0 Å². The van der Waals surface area contributed by atoms with Crippen molar-refractivity contribution >= 4 is 17.3 Å². The summed E-state index contributed by atoms with van der Waals surface area (Å²) in [5.74, 6) is 0.411. The van der Waals surface area contributed by atoms with Gasteiger partial charge in [0.2, 0.25) is 0 Å². The first-order valence-electron chi connectivity index (χ1n) is 11.0. The van der Waals surface area contributed by atoms with Gasteiger partial charge in [-0.25, -0.2) is 0 Å². The summed E-state index contributed by atoms with van der Waals surface area (Å²) < 4.78 is 5.46. The second-order valence-corrected chi connectivity index (χ2v) is 8.72. The molecule has 4 nitrogen and oxygen atoms in total. The molecule has 0 bridgehead atoms. The van der Waals surface area contributed by atoms with Gasteiger partial charge in [0.05, 0.1) is 18.3 Å². The minimum atomic E-state index is 0.0269. The van der Waals surface area contributed by atoms with Crippen molar-refractivity contribution in [1.82, 2.24) is 15.5 Å². The van der Waals surface area contributed by atoms with Crippen molar-refractivity contribution in [2.75, 3.05) is 13.7 Å². The van der Waals surface area contributed by atoms with Crippen LogP contribution in [-0.4, -0.2) is 23.9 Å². The van der Waals surface area contributed by atoms with Gasteiger partial charge in [-0.05, 0) is 48.9 Å². The van der Waals surface area contributed by atoms with Gasteiger partial charge in [-0.15, -0.1) is 0 Å². The summed E-state index contributed by atoms with van der Waals surface area (Å²) in [6, 6.07) is 18.5. The summed E-state index contributed by atoms with van der Waals surface area (Å²) in [5.41, 5.74) is 6.77. The Kier molecular flexibility index (Phi) is 7.10. The SMILES string of the molecule is C=C(N[C@H](COC)c1ccccc1)c1n[nH]c2c1CCCC[C@H]2Cc1cccc(Cl)c1. The number of hydrogen-bond acceptors (Lipinski definition) is 3. The molecule has 5 heteroatoms. The van der Waals surface area contributed by atoms with Gasteiger partial charge in [-0.1, -0.05) is 67.1 Å². The standard InChI is InChI=1S/C26H30ClN3O/c1-18(28-24(17-31-2)20-10-4-3-5-11-20)25-23-14-7-6-12-21(26(23)30-29-25)15-19-9-8-13-22(27)16-19/h3-5,8-11,13,16,21,24,28H,1,6-7,12,14-15,17H2,2H3,(H,29,30)/t21-,24+/m0/s1. The minimum absolute atomic E-state index is 0.0269. The molecule has 0 saturated carbocycles. The van der Waals surface area contributed by atoms with Crippen LogP contribution < -0.4 is 5.32 Å². The van der Waals surface area contributed by atoms with Crippen molar-refractivity contribution in [3.63, 3.8) is 0 Å². The second-order valence-electron chi connectivity index (χ2n) is 8.28. The highest BCUT2D eigenvalue weighted by molar-refractivity contribution is 6.30. The van der Waals surface area contributed by atoms with Crippen molar-refractivity contribution in [2.24, 2.45) is 0 Å². The second kappa shape index (κ2) is 10.2. The van der Waals surface area contributed by atoms with Crippen LogP contribution in [0.5, 0.6) is 0 Å². The zero-order chi connectivity index (χ0) is 21.6. The number of aromatic nitrogens is 2. The molecule has 0 amide bonds. The highest BCUT2D eigenvalue weighted by Crippen LogP contribution is 2.35. The Labute approximate surface area is 189 Å². The molecule has 0 spiro atoms. The number of fused-ring (bicyclic) bond motifs is 1. The molecule has 0 fully saturated rings. The molecule has 0 aliphatic heterocycles. The molecule has 2 N–H and O–H groups in total. The lowest BCUT2D eigenvalue weighted by Crippen LogP contribution is -2.24. The predicted octanol–water partition coefficient (Wildman–Crippen LogP) is 6.06. The fourth-order valence-corrected chi connectivity index (χ4v) is 4.77. The Morgan fingerprint density at radius 3 is 2.84 bits per heavy atom. The summed E-state index contributed by atoms with van der Waals surface area (Å²) >= 11 is 6.22. The Morgan fingerprint density at radius 1 is 1.23 bits per heavy atom. The van der Waals surface area contributed by atoms with E-state index in [-0.39, 0.29) is 6.04 Å². The molecular formula is C26H30ClN3O. The number of methoxy groups -OCH3 is 1.